The summed E-state index contributed by atoms with van der Waals surface area (Å²) in [5, 5.41) is 8.97. The SMILES string of the molecule is COc1ccc2[nH]cc(C3CCN(C(=O)Cn4c(-c5ccc(Cl)cc5)n[nH]c4=S)CC3)c2c1. The molecule has 1 fully saturated rings. The highest BCUT2D eigenvalue weighted by Crippen LogP contribution is 2.34. The monoisotopic (exact) mass is 481 g/mol. The van der Waals surface area contributed by atoms with E-state index in [0.717, 1.165) is 29.7 Å². The second-order valence-corrected chi connectivity index (χ2v) is 9.08. The number of nitrogens with zero attached hydrogens (tertiary/aromatic N) is 3. The number of benzene rings is 2. The normalized spacial score (nSPS) is 14.7. The van der Waals surface area contributed by atoms with Gasteiger partial charge in [0, 0.05) is 40.8 Å². The van der Waals surface area contributed by atoms with Gasteiger partial charge in [-0.05, 0) is 79.0 Å². The van der Waals surface area contributed by atoms with Gasteiger partial charge in [-0.25, -0.2) is 0 Å². The zero-order valence-electron chi connectivity index (χ0n) is 18.2. The van der Waals surface area contributed by atoms with Crippen LogP contribution in [-0.4, -0.2) is 50.8 Å². The van der Waals surface area contributed by atoms with Crippen LogP contribution in [0.4, 0.5) is 0 Å². The van der Waals surface area contributed by atoms with Crippen molar-refractivity contribution >= 4 is 40.6 Å². The minimum absolute atomic E-state index is 0.0433. The average molecular weight is 482 g/mol. The van der Waals surface area contributed by atoms with Gasteiger partial charge in [0.1, 0.15) is 12.3 Å². The largest absolute Gasteiger partial charge is 0.497 e. The molecule has 0 saturated carbocycles. The summed E-state index contributed by atoms with van der Waals surface area (Å²) in [5.41, 5.74) is 3.25. The van der Waals surface area contributed by atoms with E-state index >= 15 is 0 Å². The highest BCUT2D eigenvalue weighted by atomic mass is 35.5. The van der Waals surface area contributed by atoms with Gasteiger partial charge in [-0.3, -0.25) is 14.5 Å². The summed E-state index contributed by atoms with van der Waals surface area (Å²) in [5.74, 6) is 1.93. The van der Waals surface area contributed by atoms with E-state index in [-0.39, 0.29) is 12.5 Å². The van der Waals surface area contributed by atoms with Crippen molar-refractivity contribution in [2.24, 2.45) is 0 Å². The van der Waals surface area contributed by atoms with Crippen LogP contribution in [-0.2, 0) is 11.3 Å². The van der Waals surface area contributed by atoms with Crippen molar-refractivity contribution in [2.45, 2.75) is 25.3 Å². The summed E-state index contributed by atoms with van der Waals surface area (Å²) in [6.07, 6.45) is 3.92. The predicted molar refractivity (Wildman–Crippen MR) is 131 cm³/mol. The summed E-state index contributed by atoms with van der Waals surface area (Å²) in [7, 11) is 1.68. The number of ether oxygens (including phenoxy) is 1. The number of rotatable bonds is 5. The van der Waals surface area contributed by atoms with Crippen molar-refractivity contribution in [3.8, 4) is 17.1 Å². The van der Waals surface area contributed by atoms with Gasteiger partial charge in [0.15, 0.2) is 10.6 Å². The van der Waals surface area contributed by atoms with E-state index in [2.05, 4.69) is 27.4 Å². The zero-order valence-corrected chi connectivity index (χ0v) is 19.7. The molecule has 5 rings (SSSR count). The van der Waals surface area contributed by atoms with Crippen LogP contribution in [0.5, 0.6) is 5.75 Å². The molecule has 33 heavy (non-hydrogen) atoms. The van der Waals surface area contributed by atoms with Crippen LogP contribution in [0.2, 0.25) is 5.02 Å². The van der Waals surface area contributed by atoms with Crippen LogP contribution in [0.25, 0.3) is 22.3 Å². The summed E-state index contributed by atoms with van der Waals surface area (Å²) in [4.78, 5) is 18.4. The lowest BCUT2D eigenvalue weighted by molar-refractivity contribution is -0.132. The van der Waals surface area contributed by atoms with Crippen molar-refractivity contribution in [3.63, 3.8) is 0 Å². The Labute approximate surface area is 201 Å². The molecule has 7 nitrogen and oxygen atoms in total. The molecule has 2 aromatic carbocycles. The van der Waals surface area contributed by atoms with Crippen LogP contribution in [0, 0.1) is 4.77 Å². The number of amides is 1. The van der Waals surface area contributed by atoms with Gasteiger partial charge in [0.25, 0.3) is 0 Å². The molecule has 1 aliphatic rings. The van der Waals surface area contributed by atoms with Crippen molar-refractivity contribution in [2.75, 3.05) is 20.2 Å². The Kier molecular flexibility index (Phi) is 5.95. The van der Waals surface area contributed by atoms with Crippen LogP contribution in [0.15, 0.2) is 48.7 Å². The Balaban J connectivity index is 1.28. The van der Waals surface area contributed by atoms with Gasteiger partial charge in [-0.15, -0.1) is 0 Å². The summed E-state index contributed by atoms with van der Waals surface area (Å²) in [6, 6.07) is 13.4. The Morgan fingerprint density at radius 3 is 2.70 bits per heavy atom. The third-order valence-corrected chi connectivity index (χ3v) is 6.93. The number of hydrogen-bond donors (Lipinski definition) is 2. The molecule has 0 aliphatic carbocycles. The number of carbonyl (C=O) groups excluding carboxylic acids is 1. The van der Waals surface area contributed by atoms with Crippen LogP contribution in [0.1, 0.15) is 24.3 Å². The van der Waals surface area contributed by atoms with Crippen molar-refractivity contribution < 1.29 is 9.53 Å². The molecule has 2 aromatic heterocycles. The molecule has 9 heteroatoms. The number of nitrogens with one attached hydrogen (secondary N) is 2. The van der Waals surface area contributed by atoms with Gasteiger partial charge >= 0.3 is 0 Å². The molecule has 2 N–H and O–H groups in total. The van der Waals surface area contributed by atoms with E-state index in [1.54, 1.807) is 23.8 Å². The quantitative estimate of drug-likeness (QED) is 0.386. The lowest BCUT2D eigenvalue weighted by Gasteiger charge is -2.32. The fourth-order valence-corrected chi connectivity index (χ4v) is 4.87. The highest BCUT2D eigenvalue weighted by Gasteiger charge is 2.26. The van der Waals surface area contributed by atoms with E-state index in [0.29, 0.717) is 34.6 Å². The van der Waals surface area contributed by atoms with Gasteiger partial charge in [0.05, 0.1) is 7.11 Å². The molecule has 1 aliphatic heterocycles. The molecule has 1 amide bonds. The fraction of sp³-hybridized carbons (Fsp3) is 0.292. The standard InChI is InChI=1S/C24H24ClN5O2S/c1-32-18-6-7-21-19(12-18)20(13-26-21)15-8-10-29(11-9-15)22(31)14-30-23(27-28-24(30)33)16-2-4-17(25)5-3-16/h2-7,12-13,15,26H,8-11,14H2,1H3,(H,28,33). The molecular weight excluding hydrogens is 458 g/mol. The first-order valence-corrected chi connectivity index (χ1v) is 11.7. The maximum Gasteiger partial charge on any atom is 0.242 e. The predicted octanol–water partition coefficient (Wildman–Crippen LogP) is 5.16. The summed E-state index contributed by atoms with van der Waals surface area (Å²) < 4.78 is 7.57. The maximum absolute atomic E-state index is 13.1. The molecule has 0 radical (unpaired) electrons. The topological polar surface area (TPSA) is 78.9 Å². The number of likely N-dealkylation sites (tertiary alicyclic amines) is 1. The zero-order chi connectivity index (χ0) is 22.9. The Hall–Kier alpha value is -3.10. The number of H-pyrrole nitrogens is 2. The highest BCUT2D eigenvalue weighted by molar-refractivity contribution is 7.71. The lowest BCUT2D eigenvalue weighted by Crippen LogP contribution is -2.39. The smallest absolute Gasteiger partial charge is 0.242 e. The fourth-order valence-electron chi connectivity index (χ4n) is 4.54. The van der Waals surface area contributed by atoms with Crippen molar-refractivity contribution in [3.05, 3.63) is 64.0 Å². The third kappa shape index (κ3) is 4.28. The second-order valence-electron chi connectivity index (χ2n) is 8.26. The van der Waals surface area contributed by atoms with E-state index in [9.17, 15) is 4.79 Å². The van der Waals surface area contributed by atoms with Gasteiger partial charge < -0.3 is 14.6 Å². The first-order valence-electron chi connectivity index (χ1n) is 10.9. The number of fused-ring (bicyclic) bond motifs is 1. The van der Waals surface area contributed by atoms with Crippen LogP contribution >= 0.6 is 23.8 Å². The second kappa shape index (κ2) is 9.03. The maximum atomic E-state index is 13.1. The van der Waals surface area contributed by atoms with Crippen LogP contribution < -0.4 is 4.74 Å². The van der Waals surface area contributed by atoms with Crippen molar-refractivity contribution in [1.29, 1.82) is 0 Å². The Morgan fingerprint density at radius 2 is 1.97 bits per heavy atom. The summed E-state index contributed by atoms with van der Waals surface area (Å²) in [6.45, 7) is 1.57. The minimum atomic E-state index is 0.0433. The third-order valence-electron chi connectivity index (χ3n) is 6.36. The van der Waals surface area contributed by atoms with E-state index in [1.807, 2.05) is 29.2 Å². The van der Waals surface area contributed by atoms with Crippen LogP contribution in [0.3, 0.4) is 0 Å². The molecule has 1 saturated heterocycles. The van der Waals surface area contributed by atoms with E-state index < -0.39 is 0 Å². The number of hydrogen-bond acceptors (Lipinski definition) is 4. The molecule has 4 aromatic rings. The first-order chi connectivity index (χ1) is 16.0. The lowest BCUT2D eigenvalue weighted by atomic mass is 9.89. The van der Waals surface area contributed by atoms with E-state index in [4.69, 9.17) is 28.6 Å². The van der Waals surface area contributed by atoms with Gasteiger partial charge in [0.2, 0.25) is 5.91 Å². The first kappa shape index (κ1) is 21.7. The number of methoxy groups -OCH3 is 1. The molecule has 0 spiro atoms. The van der Waals surface area contributed by atoms with Crippen molar-refractivity contribution in [1.82, 2.24) is 24.6 Å². The number of aromatic nitrogens is 4. The number of halogens is 1. The van der Waals surface area contributed by atoms with Gasteiger partial charge in [-0.1, -0.05) is 11.6 Å². The molecule has 0 atom stereocenters. The Bertz CT molecular complexity index is 1350. The van der Waals surface area contributed by atoms with Gasteiger partial charge in [-0.2, -0.15) is 5.10 Å². The Morgan fingerprint density at radius 1 is 1.21 bits per heavy atom. The average Bonchev–Trinajstić information content (AvgIpc) is 3.43. The minimum Gasteiger partial charge on any atom is -0.497 e. The number of carbonyl (C=O) groups is 1. The summed E-state index contributed by atoms with van der Waals surface area (Å²) >= 11 is 11.4. The molecule has 0 unspecified atom stereocenters. The van der Waals surface area contributed by atoms with E-state index in [1.165, 1.54) is 10.9 Å². The molecule has 0 bridgehead atoms. The molecule has 170 valence electrons. The molecule has 3 heterocycles. The number of aromatic amines is 2. The molecular formula is C24H24ClN5O2S. The number of piperidine rings is 1.